The Morgan fingerprint density at radius 2 is 1.26 bits per heavy atom. The van der Waals surface area contributed by atoms with Crippen LogP contribution in [0.2, 0.25) is 0 Å². The Kier molecular flexibility index (Phi) is 7.82. The number of pyridine rings is 2. The van der Waals surface area contributed by atoms with Gasteiger partial charge in [-0.2, -0.15) is 0 Å². The molecule has 1 aliphatic rings. The Balaban J connectivity index is 0.000000220. The topological polar surface area (TPSA) is 25.8 Å². The average Bonchev–Trinajstić information content (AvgIpc) is 3.34. The zero-order valence-electron chi connectivity index (χ0n) is 25.6. The summed E-state index contributed by atoms with van der Waals surface area (Å²) in [5.74, 6) is 0. The maximum atomic E-state index is 4.84. The van der Waals surface area contributed by atoms with Crippen LogP contribution in [-0.2, 0) is 25.5 Å². The third-order valence-electron chi connectivity index (χ3n) is 9.09. The number of nitrogens with zero attached hydrogens (tertiary/aromatic N) is 2. The molecule has 8 aromatic rings. The molecule has 6 aromatic carbocycles. The van der Waals surface area contributed by atoms with Crippen molar-refractivity contribution in [2.24, 2.45) is 0 Å². The first-order valence-corrected chi connectivity index (χ1v) is 15.3. The molecule has 0 bridgehead atoms. The third kappa shape index (κ3) is 5.03. The van der Waals surface area contributed by atoms with Crippen LogP contribution in [0.25, 0.3) is 66.0 Å². The summed E-state index contributed by atoms with van der Waals surface area (Å²) in [6.45, 7) is 4.63. The van der Waals surface area contributed by atoms with Gasteiger partial charge in [0.25, 0.3) is 0 Å². The van der Waals surface area contributed by atoms with Crippen molar-refractivity contribution in [2.75, 3.05) is 0 Å². The summed E-state index contributed by atoms with van der Waals surface area (Å²) in [5.41, 5.74) is 9.37. The van der Waals surface area contributed by atoms with Crippen LogP contribution in [-0.4, -0.2) is 9.97 Å². The van der Waals surface area contributed by atoms with Crippen molar-refractivity contribution in [3.8, 4) is 33.6 Å². The van der Waals surface area contributed by atoms with E-state index in [4.69, 9.17) is 4.98 Å². The monoisotopic (exact) mass is 767 g/mol. The quantitative estimate of drug-likeness (QED) is 0.129. The predicted octanol–water partition coefficient (Wildman–Crippen LogP) is 10.9. The van der Waals surface area contributed by atoms with E-state index < -0.39 is 0 Å². The maximum Gasteiger partial charge on any atom is 0.0167 e. The molecule has 2 heterocycles. The number of fused-ring (bicyclic) bond motifs is 8. The Morgan fingerprint density at radius 1 is 0.522 bits per heavy atom. The largest absolute Gasteiger partial charge is 0.305 e. The Hall–Kier alpha value is -4.95. The SMILES string of the molecule is CC1(C)c2ccccc2-c2c[c-]c(-c3nccc4c3ccc3c5ccccc5ccc43)cc21.[Ir].[c-]1ccccc1-c1ccccn1. The molecule has 0 N–H and O–H groups in total. The van der Waals surface area contributed by atoms with Gasteiger partial charge in [-0.15, -0.1) is 65.2 Å². The first-order chi connectivity index (χ1) is 22.1. The molecule has 0 saturated heterocycles. The molecule has 223 valence electrons. The number of hydrogen-bond donors (Lipinski definition) is 0. The molecule has 0 fully saturated rings. The molecule has 0 atom stereocenters. The van der Waals surface area contributed by atoms with E-state index >= 15 is 0 Å². The molecule has 0 amide bonds. The van der Waals surface area contributed by atoms with Crippen molar-refractivity contribution in [1.29, 1.82) is 0 Å². The fourth-order valence-corrected chi connectivity index (χ4v) is 6.82. The van der Waals surface area contributed by atoms with Gasteiger partial charge < -0.3 is 9.97 Å². The second-order valence-electron chi connectivity index (χ2n) is 12.0. The van der Waals surface area contributed by atoms with Crippen LogP contribution in [0.15, 0.2) is 146 Å². The Labute approximate surface area is 283 Å². The molecule has 9 rings (SSSR count). The van der Waals surface area contributed by atoms with Crippen molar-refractivity contribution in [1.82, 2.24) is 9.97 Å². The van der Waals surface area contributed by atoms with Gasteiger partial charge in [0.1, 0.15) is 0 Å². The van der Waals surface area contributed by atoms with Gasteiger partial charge in [-0.25, -0.2) is 0 Å². The Bertz CT molecular complexity index is 2310. The molecule has 2 aromatic heterocycles. The smallest absolute Gasteiger partial charge is 0.0167 e. The van der Waals surface area contributed by atoms with E-state index in [1.165, 1.54) is 54.6 Å². The standard InChI is InChI=1S/C32H22N.C11H8N.Ir/c1-32(2)29-10-6-5-9-26(29)27-14-12-21(19-30(27)32)31-28-16-15-23-22-8-4-3-7-20(22)11-13-24(23)25(28)17-18-33-31;1-2-6-10(7-3-1)11-8-4-5-9-12-11;/h3-11,13-19H,1-2H3;1-6,8-9H;/q2*-1;. The van der Waals surface area contributed by atoms with Crippen molar-refractivity contribution < 1.29 is 20.1 Å². The van der Waals surface area contributed by atoms with Crippen LogP contribution >= 0.6 is 0 Å². The fourth-order valence-electron chi connectivity index (χ4n) is 6.82. The van der Waals surface area contributed by atoms with Gasteiger partial charge in [0.15, 0.2) is 0 Å². The fraction of sp³-hybridized carbons (Fsp3) is 0.0698. The molecule has 1 radical (unpaired) electrons. The van der Waals surface area contributed by atoms with E-state index in [9.17, 15) is 0 Å². The van der Waals surface area contributed by atoms with Crippen molar-refractivity contribution >= 4 is 32.3 Å². The van der Waals surface area contributed by atoms with E-state index in [-0.39, 0.29) is 25.5 Å². The van der Waals surface area contributed by atoms with E-state index in [1.54, 1.807) is 6.20 Å². The number of benzene rings is 6. The molecule has 3 heteroatoms. The van der Waals surface area contributed by atoms with Gasteiger partial charge in [-0.3, -0.25) is 0 Å². The van der Waals surface area contributed by atoms with Crippen LogP contribution < -0.4 is 0 Å². The summed E-state index contributed by atoms with van der Waals surface area (Å²) in [4.78, 5) is 9.06. The predicted molar refractivity (Wildman–Crippen MR) is 187 cm³/mol. The van der Waals surface area contributed by atoms with Crippen molar-refractivity contribution in [3.05, 3.63) is 169 Å². The van der Waals surface area contributed by atoms with E-state index in [1.807, 2.05) is 48.7 Å². The second-order valence-corrected chi connectivity index (χ2v) is 12.0. The molecule has 0 unspecified atom stereocenters. The van der Waals surface area contributed by atoms with Gasteiger partial charge in [-0.05, 0) is 66.8 Å². The van der Waals surface area contributed by atoms with Gasteiger partial charge >= 0.3 is 0 Å². The molecule has 1 aliphatic carbocycles. The normalized spacial score (nSPS) is 12.6. The van der Waals surface area contributed by atoms with Crippen molar-refractivity contribution in [3.63, 3.8) is 0 Å². The molecular formula is C43H30IrN2-2. The molecule has 46 heavy (non-hydrogen) atoms. The summed E-state index contributed by atoms with van der Waals surface area (Å²) in [6.07, 6.45) is 3.73. The van der Waals surface area contributed by atoms with Gasteiger partial charge in [-0.1, -0.05) is 110 Å². The summed E-state index contributed by atoms with van der Waals surface area (Å²) >= 11 is 0. The minimum Gasteiger partial charge on any atom is -0.305 e. The zero-order valence-corrected chi connectivity index (χ0v) is 28.0. The van der Waals surface area contributed by atoms with E-state index in [0.717, 1.165) is 22.5 Å². The van der Waals surface area contributed by atoms with Crippen LogP contribution in [0.1, 0.15) is 25.0 Å². The number of hydrogen-bond acceptors (Lipinski definition) is 2. The zero-order chi connectivity index (χ0) is 30.4. The van der Waals surface area contributed by atoms with E-state index in [2.05, 4.69) is 122 Å². The number of rotatable bonds is 2. The minimum atomic E-state index is -0.0357. The third-order valence-corrected chi connectivity index (χ3v) is 9.09. The Morgan fingerprint density at radius 3 is 2.11 bits per heavy atom. The van der Waals surface area contributed by atoms with Gasteiger partial charge in [0, 0.05) is 32.5 Å². The average molecular weight is 767 g/mol. The van der Waals surface area contributed by atoms with Crippen molar-refractivity contribution in [2.45, 2.75) is 19.3 Å². The summed E-state index contributed by atoms with van der Waals surface area (Å²) in [5, 5.41) is 7.52. The maximum absolute atomic E-state index is 4.84. The van der Waals surface area contributed by atoms with Crippen LogP contribution in [0.3, 0.4) is 0 Å². The van der Waals surface area contributed by atoms with Gasteiger partial charge in [0.05, 0.1) is 0 Å². The van der Waals surface area contributed by atoms with Crippen LogP contribution in [0.5, 0.6) is 0 Å². The van der Waals surface area contributed by atoms with E-state index in [0.29, 0.717) is 0 Å². The van der Waals surface area contributed by atoms with Gasteiger partial charge in [0.2, 0.25) is 0 Å². The summed E-state index contributed by atoms with van der Waals surface area (Å²) in [6, 6.07) is 53.3. The van der Waals surface area contributed by atoms with Crippen LogP contribution in [0.4, 0.5) is 0 Å². The number of aromatic nitrogens is 2. The molecule has 0 spiro atoms. The minimum absolute atomic E-state index is 0. The summed E-state index contributed by atoms with van der Waals surface area (Å²) < 4.78 is 0. The first kappa shape index (κ1) is 29.7. The first-order valence-electron chi connectivity index (χ1n) is 15.3. The summed E-state index contributed by atoms with van der Waals surface area (Å²) in [7, 11) is 0. The molecule has 0 saturated carbocycles. The molecular weight excluding hydrogens is 737 g/mol. The molecule has 0 aliphatic heterocycles. The van der Waals surface area contributed by atoms with Crippen LogP contribution in [0, 0.1) is 12.1 Å². The second kappa shape index (κ2) is 12.1. The molecule has 2 nitrogen and oxygen atoms in total.